The fourth-order valence-electron chi connectivity index (χ4n) is 2.18. The lowest BCUT2D eigenvalue weighted by Gasteiger charge is -2.19. The molecule has 136 valence electrons. The lowest BCUT2D eigenvalue weighted by Crippen LogP contribution is -2.40. The van der Waals surface area contributed by atoms with Crippen LogP contribution in [0.3, 0.4) is 0 Å². The van der Waals surface area contributed by atoms with Crippen molar-refractivity contribution in [2.24, 2.45) is 0 Å². The van der Waals surface area contributed by atoms with Crippen molar-refractivity contribution in [1.82, 2.24) is 5.32 Å². The van der Waals surface area contributed by atoms with Crippen molar-refractivity contribution in [3.8, 4) is 5.75 Å². The van der Waals surface area contributed by atoms with Crippen molar-refractivity contribution in [2.75, 3.05) is 26.9 Å². The number of esters is 1. The Balaban J connectivity index is 0.000000341. The molecule has 1 aliphatic rings. The number of hydrogen-bond donors (Lipinski definition) is 2. The summed E-state index contributed by atoms with van der Waals surface area (Å²) in [5.41, 5.74) is 0. The van der Waals surface area contributed by atoms with E-state index in [0.717, 1.165) is 6.42 Å². The molecule has 2 unspecified atom stereocenters. The summed E-state index contributed by atoms with van der Waals surface area (Å²) < 4.78 is 16.5. The van der Waals surface area contributed by atoms with E-state index in [1.165, 1.54) is 0 Å². The molecular formula is C18H29NO5. The van der Waals surface area contributed by atoms with Gasteiger partial charge in [0.2, 0.25) is 0 Å². The lowest BCUT2D eigenvalue weighted by molar-refractivity contribution is -0.151. The quantitative estimate of drug-likeness (QED) is 0.818. The number of carbonyl (C=O) groups excluding carboxylic acids is 1. The second-order valence-corrected chi connectivity index (χ2v) is 5.69. The Hall–Kier alpha value is -1.63. The molecule has 0 amide bonds. The van der Waals surface area contributed by atoms with E-state index in [2.05, 4.69) is 12.2 Å². The van der Waals surface area contributed by atoms with Crippen LogP contribution in [0, 0.1) is 0 Å². The zero-order valence-corrected chi connectivity index (χ0v) is 14.7. The zero-order chi connectivity index (χ0) is 17.8. The van der Waals surface area contributed by atoms with E-state index in [1.807, 2.05) is 13.0 Å². The second kappa shape index (κ2) is 11.8. The van der Waals surface area contributed by atoms with Crippen molar-refractivity contribution < 1.29 is 24.1 Å². The summed E-state index contributed by atoms with van der Waals surface area (Å²) in [4.78, 5) is 11.7. The van der Waals surface area contributed by atoms with Gasteiger partial charge in [-0.25, -0.2) is 0 Å². The molecule has 1 aromatic rings. The Morgan fingerprint density at radius 1 is 1.29 bits per heavy atom. The van der Waals surface area contributed by atoms with Crippen LogP contribution < -0.4 is 5.32 Å². The highest BCUT2D eigenvalue weighted by molar-refractivity contribution is 5.76. The highest BCUT2D eigenvalue weighted by Crippen LogP contribution is 2.11. The average molecular weight is 339 g/mol. The molecule has 2 N–H and O–H groups in total. The summed E-state index contributed by atoms with van der Waals surface area (Å²) in [6, 6.07) is 8.33. The fraction of sp³-hybridized carbons (Fsp3) is 0.611. The van der Waals surface area contributed by atoms with E-state index in [1.54, 1.807) is 31.3 Å². The Morgan fingerprint density at radius 2 is 2.00 bits per heavy atom. The Bertz CT molecular complexity index is 454. The van der Waals surface area contributed by atoms with Crippen LogP contribution in [-0.4, -0.2) is 56.2 Å². The van der Waals surface area contributed by atoms with Crippen molar-refractivity contribution >= 4 is 5.97 Å². The van der Waals surface area contributed by atoms with Gasteiger partial charge in [0.15, 0.2) is 0 Å². The smallest absolute Gasteiger partial charge is 0.325 e. The number of carbonyl (C=O) groups is 1. The Kier molecular flexibility index (Phi) is 10.1. The van der Waals surface area contributed by atoms with Crippen molar-refractivity contribution in [2.45, 2.75) is 44.9 Å². The third-order valence-electron chi connectivity index (χ3n) is 3.45. The van der Waals surface area contributed by atoms with E-state index >= 15 is 0 Å². The van der Waals surface area contributed by atoms with Gasteiger partial charge in [-0.15, -0.1) is 0 Å². The molecule has 1 aliphatic heterocycles. The molecule has 1 saturated heterocycles. The number of ether oxygens (including phenoxy) is 3. The number of nitrogens with one attached hydrogen (secondary N) is 1. The molecular weight excluding hydrogens is 310 g/mol. The summed E-state index contributed by atoms with van der Waals surface area (Å²) >= 11 is 0. The third kappa shape index (κ3) is 8.29. The normalized spacial score (nSPS) is 24.6. The van der Waals surface area contributed by atoms with Crippen LogP contribution in [-0.2, 0) is 19.0 Å². The van der Waals surface area contributed by atoms with Gasteiger partial charge in [0.1, 0.15) is 17.9 Å². The van der Waals surface area contributed by atoms with Gasteiger partial charge in [-0.05, 0) is 32.5 Å². The molecule has 0 aliphatic carbocycles. The summed E-state index contributed by atoms with van der Waals surface area (Å²) in [6.07, 6.45) is 1.53. The van der Waals surface area contributed by atoms with Gasteiger partial charge in [0, 0.05) is 13.0 Å². The minimum absolute atomic E-state index is 0.00774. The molecule has 0 radical (unpaired) electrons. The number of para-hydroxylation sites is 1. The molecule has 1 aromatic carbocycles. The number of phenolic OH excluding ortho intramolecular Hbond substituents is 1. The minimum Gasteiger partial charge on any atom is -0.508 e. The molecule has 0 spiro atoms. The van der Waals surface area contributed by atoms with E-state index < -0.39 is 0 Å². The summed E-state index contributed by atoms with van der Waals surface area (Å²) in [5, 5.41) is 11.5. The van der Waals surface area contributed by atoms with Crippen LogP contribution in [0.4, 0.5) is 0 Å². The number of phenols is 1. The summed E-state index contributed by atoms with van der Waals surface area (Å²) in [5.74, 6) is 0.0682. The number of cyclic esters (lactones) is 1. The number of aromatic hydroxyl groups is 1. The molecule has 6 heteroatoms. The van der Waals surface area contributed by atoms with Crippen molar-refractivity contribution in [3.63, 3.8) is 0 Å². The fourth-order valence-corrected chi connectivity index (χ4v) is 2.18. The number of rotatable bonds is 4. The molecule has 1 fully saturated rings. The van der Waals surface area contributed by atoms with E-state index in [4.69, 9.17) is 19.3 Å². The largest absolute Gasteiger partial charge is 0.508 e. The molecule has 0 saturated carbocycles. The van der Waals surface area contributed by atoms with Crippen LogP contribution in [0.15, 0.2) is 30.3 Å². The predicted molar refractivity (Wildman–Crippen MR) is 92.0 cm³/mol. The maximum atomic E-state index is 11.7. The van der Waals surface area contributed by atoms with Crippen LogP contribution >= 0.6 is 0 Å². The van der Waals surface area contributed by atoms with Crippen LogP contribution in [0.1, 0.15) is 26.7 Å². The highest BCUT2D eigenvalue weighted by Gasteiger charge is 2.25. The van der Waals surface area contributed by atoms with Gasteiger partial charge in [-0.1, -0.05) is 25.1 Å². The maximum absolute atomic E-state index is 11.7. The molecule has 0 aromatic heterocycles. The summed E-state index contributed by atoms with van der Waals surface area (Å²) in [6.45, 7) is 5.51. The average Bonchev–Trinajstić information content (AvgIpc) is 2.63. The van der Waals surface area contributed by atoms with Crippen molar-refractivity contribution in [3.05, 3.63) is 30.3 Å². The van der Waals surface area contributed by atoms with Crippen LogP contribution in [0.2, 0.25) is 0 Å². The summed E-state index contributed by atoms with van der Waals surface area (Å²) in [7, 11) is 1.73. The first kappa shape index (κ1) is 20.4. The molecule has 6 nitrogen and oxygen atoms in total. The first-order chi connectivity index (χ1) is 11.6. The number of benzene rings is 1. The Labute approximate surface area is 144 Å². The standard InChI is InChI=1S/C12H23NO4.C6H6O/c1-4-5-16-10-6-9(2)17-12(14)11(13-3)8-15-7-10;7-6-4-2-1-3-5-6/h9-11,13H,4-8H2,1-3H3;1-5,7H/t9?,10?,11-;/m0./s1. The van der Waals surface area contributed by atoms with E-state index in [-0.39, 0.29) is 24.2 Å². The lowest BCUT2D eigenvalue weighted by atomic mass is 10.2. The van der Waals surface area contributed by atoms with Gasteiger partial charge in [-0.3, -0.25) is 4.79 Å². The Morgan fingerprint density at radius 3 is 2.54 bits per heavy atom. The molecule has 2 rings (SSSR count). The van der Waals surface area contributed by atoms with Crippen LogP contribution in [0.25, 0.3) is 0 Å². The number of hydrogen-bond acceptors (Lipinski definition) is 6. The van der Waals surface area contributed by atoms with Gasteiger partial charge in [-0.2, -0.15) is 0 Å². The minimum atomic E-state index is -0.387. The predicted octanol–water partition coefficient (Wildman–Crippen LogP) is 2.11. The maximum Gasteiger partial charge on any atom is 0.325 e. The van der Waals surface area contributed by atoms with Gasteiger partial charge >= 0.3 is 5.97 Å². The zero-order valence-electron chi connectivity index (χ0n) is 14.7. The monoisotopic (exact) mass is 339 g/mol. The van der Waals surface area contributed by atoms with E-state index in [0.29, 0.717) is 32.0 Å². The molecule has 3 atom stereocenters. The van der Waals surface area contributed by atoms with Gasteiger partial charge in [0.05, 0.1) is 19.3 Å². The topological polar surface area (TPSA) is 77.0 Å². The van der Waals surface area contributed by atoms with Gasteiger partial charge in [0.25, 0.3) is 0 Å². The van der Waals surface area contributed by atoms with E-state index in [9.17, 15) is 4.79 Å². The van der Waals surface area contributed by atoms with Gasteiger partial charge < -0.3 is 24.6 Å². The molecule has 0 bridgehead atoms. The SMILES string of the molecule is CCCOC1COC[C@H](NC)C(=O)OC(C)C1.Oc1ccccc1. The number of likely N-dealkylation sites (N-methyl/N-ethyl adjacent to an activating group) is 1. The molecule has 24 heavy (non-hydrogen) atoms. The second-order valence-electron chi connectivity index (χ2n) is 5.69. The van der Waals surface area contributed by atoms with Crippen molar-refractivity contribution in [1.29, 1.82) is 0 Å². The molecule has 1 heterocycles. The highest BCUT2D eigenvalue weighted by atomic mass is 16.6. The first-order valence-electron chi connectivity index (χ1n) is 8.37. The van der Waals surface area contributed by atoms with Crippen LogP contribution in [0.5, 0.6) is 5.75 Å². The first-order valence-corrected chi connectivity index (χ1v) is 8.37. The third-order valence-corrected chi connectivity index (χ3v) is 3.45.